The van der Waals surface area contributed by atoms with Gasteiger partial charge in [-0.3, -0.25) is 4.79 Å². The van der Waals surface area contributed by atoms with E-state index >= 15 is 0 Å². The van der Waals surface area contributed by atoms with Crippen molar-refractivity contribution in [2.75, 3.05) is 6.61 Å². The lowest BCUT2D eigenvalue weighted by Crippen LogP contribution is -2.48. The highest BCUT2D eigenvalue weighted by Crippen LogP contribution is 2.11. The second-order valence-corrected chi connectivity index (χ2v) is 5.04. The highest BCUT2D eigenvalue weighted by Gasteiger charge is 2.27. The van der Waals surface area contributed by atoms with Crippen molar-refractivity contribution in [3.63, 3.8) is 0 Å². The molecule has 0 aliphatic carbocycles. The SMILES string of the molecule is C=CCOC(=O)[C@@H](NC(=O)C(N)c1ccccc1)C(C)C. The van der Waals surface area contributed by atoms with Crippen LogP contribution in [0.5, 0.6) is 0 Å². The summed E-state index contributed by atoms with van der Waals surface area (Å²) in [7, 11) is 0. The van der Waals surface area contributed by atoms with Gasteiger partial charge in [-0.25, -0.2) is 4.79 Å². The normalized spacial score (nSPS) is 13.3. The minimum absolute atomic E-state index is 0.103. The monoisotopic (exact) mass is 290 g/mol. The number of carbonyl (C=O) groups is 2. The van der Waals surface area contributed by atoms with Crippen molar-refractivity contribution in [2.24, 2.45) is 11.7 Å². The molecule has 0 saturated carbocycles. The summed E-state index contributed by atoms with van der Waals surface area (Å²) in [6.45, 7) is 7.25. The summed E-state index contributed by atoms with van der Waals surface area (Å²) in [6.07, 6.45) is 1.48. The average molecular weight is 290 g/mol. The Hall–Kier alpha value is -2.14. The van der Waals surface area contributed by atoms with E-state index in [1.165, 1.54) is 6.08 Å². The van der Waals surface area contributed by atoms with Gasteiger partial charge in [0.1, 0.15) is 18.7 Å². The zero-order valence-electron chi connectivity index (χ0n) is 12.4. The molecule has 1 amide bonds. The molecule has 3 N–H and O–H groups in total. The molecule has 2 atom stereocenters. The van der Waals surface area contributed by atoms with Gasteiger partial charge >= 0.3 is 5.97 Å². The van der Waals surface area contributed by atoms with Crippen LogP contribution < -0.4 is 11.1 Å². The summed E-state index contributed by atoms with van der Waals surface area (Å²) in [6, 6.07) is 7.45. The number of nitrogens with two attached hydrogens (primary N) is 1. The number of carbonyl (C=O) groups excluding carboxylic acids is 2. The third kappa shape index (κ3) is 5.04. The van der Waals surface area contributed by atoms with Crippen LogP contribution in [0.2, 0.25) is 0 Å². The van der Waals surface area contributed by atoms with Gasteiger partial charge in [-0.1, -0.05) is 56.8 Å². The van der Waals surface area contributed by atoms with Gasteiger partial charge in [0.05, 0.1) is 0 Å². The lowest BCUT2D eigenvalue weighted by Gasteiger charge is -2.22. The molecule has 1 aromatic rings. The van der Waals surface area contributed by atoms with Gasteiger partial charge in [0.25, 0.3) is 0 Å². The predicted molar refractivity (Wildman–Crippen MR) is 81.3 cm³/mol. The Kier molecular flexibility index (Phi) is 6.62. The van der Waals surface area contributed by atoms with Crippen molar-refractivity contribution in [3.8, 4) is 0 Å². The Labute approximate surface area is 125 Å². The summed E-state index contributed by atoms with van der Waals surface area (Å²) in [4.78, 5) is 24.1. The molecular formula is C16H22N2O3. The molecule has 0 aliphatic rings. The Morgan fingerprint density at radius 1 is 1.33 bits per heavy atom. The molecule has 1 rings (SSSR count). The van der Waals surface area contributed by atoms with Crippen molar-refractivity contribution in [1.82, 2.24) is 5.32 Å². The molecule has 0 saturated heterocycles. The smallest absolute Gasteiger partial charge is 0.329 e. The lowest BCUT2D eigenvalue weighted by atomic mass is 10.0. The fourth-order valence-electron chi connectivity index (χ4n) is 1.78. The molecule has 21 heavy (non-hydrogen) atoms. The van der Waals surface area contributed by atoms with Crippen LogP contribution in [0, 0.1) is 5.92 Å². The van der Waals surface area contributed by atoms with Gasteiger partial charge in [-0.15, -0.1) is 0 Å². The highest BCUT2D eigenvalue weighted by molar-refractivity contribution is 5.88. The van der Waals surface area contributed by atoms with E-state index in [0.29, 0.717) is 5.56 Å². The number of esters is 1. The van der Waals surface area contributed by atoms with Crippen molar-refractivity contribution in [1.29, 1.82) is 0 Å². The van der Waals surface area contributed by atoms with Crippen LogP contribution in [-0.4, -0.2) is 24.5 Å². The maximum absolute atomic E-state index is 12.2. The molecule has 0 spiro atoms. The summed E-state index contributed by atoms with van der Waals surface area (Å²) < 4.78 is 4.99. The summed E-state index contributed by atoms with van der Waals surface area (Å²) in [5.74, 6) is -0.997. The van der Waals surface area contributed by atoms with Crippen LogP contribution in [-0.2, 0) is 14.3 Å². The quantitative estimate of drug-likeness (QED) is 0.590. The topological polar surface area (TPSA) is 81.4 Å². The first-order chi connectivity index (χ1) is 9.97. The fraction of sp³-hybridized carbons (Fsp3) is 0.375. The molecular weight excluding hydrogens is 268 g/mol. The third-order valence-electron chi connectivity index (χ3n) is 3.00. The van der Waals surface area contributed by atoms with Crippen LogP contribution >= 0.6 is 0 Å². The summed E-state index contributed by atoms with van der Waals surface area (Å²) in [5, 5.41) is 2.65. The minimum atomic E-state index is -0.820. The molecule has 1 unspecified atom stereocenters. The molecule has 1 aromatic carbocycles. The largest absolute Gasteiger partial charge is 0.460 e. The van der Waals surface area contributed by atoms with Crippen LogP contribution in [0.1, 0.15) is 25.5 Å². The molecule has 0 bridgehead atoms. The molecule has 0 radical (unpaired) electrons. The Morgan fingerprint density at radius 3 is 2.48 bits per heavy atom. The van der Waals surface area contributed by atoms with Gasteiger partial charge < -0.3 is 15.8 Å². The standard InChI is InChI=1S/C16H22N2O3/c1-4-10-21-16(20)14(11(2)3)18-15(19)13(17)12-8-6-5-7-9-12/h4-9,11,13-14H,1,10,17H2,2-3H3,(H,18,19)/t13?,14-/m0/s1. The van der Waals surface area contributed by atoms with Crippen molar-refractivity contribution < 1.29 is 14.3 Å². The summed E-state index contributed by atoms with van der Waals surface area (Å²) in [5.41, 5.74) is 6.60. The van der Waals surface area contributed by atoms with E-state index in [1.807, 2.05) is 19.9 Å². The fourth-order valence-corrected chi connectivity index (χ4v) is 1.78. The van der Waals surface area contributed by atoms with Crippen LogP contribution in [0.25, 0.3) is 0 Å². The van der Waals surface area contributed by atoms with Crippen LogP contribution in [0.4, 0.5) is 0 Å². The maximum Gasteiger partial charge on any atom is 0.329 e. The number of hydrogen-bond donors (Lipinski definition) is 2. The molecule has 0 heterocycles. The van der Waals surface area contributed by atoms with Gasteiger partial charge in [0, 0.05) is 0 Å². The van der Waals surface area contributed by atoms with E-state index in [4.69, 9.17) is 10.5 Å². The number of benzene rings is 1. The first kappa shape index (κ1) is 16.9. The van der Waals surface area contributed by atoms with Crippen molar-refractivity contribution >= 4 is 11.9 Å². The molecule has 0 fully saturated rings. The van der Waals surface area contributed by atoms with E-state index < -0.39 is 24.0 Å². The van der Waals surface area contributed by atoms with Gasteiger partial charge in [0.2, 0.25) is 5.91 Å². The van der Waals surface area contributed by atoms with E-state index in [2.05, 4.69) is 11.9 Å². The Morgan fingerprint density at radius 2 is 1.95 bits per heavy atom. The van der Waals surface area contributed by atoms with E-state index in [0.717, 1.165) is 0 Å². The van der Waals surface area contributed by atoms with Crippen LogP contribution in [0.15, 0.2) is 43.0 Å². The second kappa shape index (κ2) is 8.21. The molecule has 0 aliphatic heterocycles. The number of nitrogens with one attached hydrogen (secondary N) is 1. The van der Waals surface area contributed by atoms with Gasteiger partial charge in [-0.05, 0) is 11.5 Å². The second-order valence-electron chi connectivity index (χ2n) is 5.04. The van der Waals surface area contributed by atoms with E-state index in [9.17, 15) is 9.59 Å². The molecule has 0 aromatic heterocycles. The van der Waals surface area contributed by atoms with E-state index in [1.54, 1.807) is 24.3 Å². The average Bonchev–Trinajstić information content (AvgIpc) is 2.49. The summed E-state index contributed by atoms with van der Waals surface area (Å²) >= 11 is 0. The van der Waals surface area contributed by atoms with Gasteiger partial charge in [-0.2, -0.15) is 0 Å². The minimum Gasteiger partial charge on any atom is -0.460 e. The number of hydrogen-bond acceptors (Lipinski definition) is 4. The molecule has 5 nitrogen and oxygen atoms in total. The van der Waals surface area contributed by atoms with Gasteiger partial charge in [0.15, 0.2) is 0 Å². The van der Waals surface area contributed by atoms with Crippen molar-refractivity contribution in [2.45, 2.75) is 25.9 Å². The molecule has 114 valence electrons. The van der Waals surface area contributed by atoms with Crippen LogP contribution in [0.3, 0.4) is 0 Å². The maximum atomic E-state index is 12.2. The lowest BCUT2D eigenvalue weighted by molar-refractivity contribution is -0.148. The highest BCUT2D eigenvalue weighted by atomic mass is 16.5. The molecule has 5 heteroatoms. The van der Waals surface area contributed by atoms with E-state index in [-0.39, 0.29) is 12.5 Å². The zero-order chi connectivity index (χ0) is 15.8. The Balaban J connectivity index is 2.72. The zero-order valence-corrected chi connectivity index (χ0v) is 12.4. The number of rotatable bonds is 7. The Bertz CT molecular complexity index is 486. The number of amides is 1. The predicted octanol–water partition coefficient (Wildman–Crippen LogP) is 1.56. The van der Waals surface area contributed by atoms with Crippen molar-refractivity contribution in [3.05, 3.63) is 48.6 Å². The first-order valence-corrected chi connectivity index (χ1v) is 6.85. The number of ether oxygens (including phenoxy) is 1. The third-order valence-corrected chi connectivity index (χ3v) is 3.00. The first-order valence-electron chi connectivity index (χ1n) is 6.85.